The fourth-order valence-corrected chi connectivity index (χ4v) is 4.14. The van der Waals surface area contributed by atoms with Gasteiger partial charge in [0.1, 0.15) is 5.75 Å². The van der Waals surface area contributed by atoms with Crippen molar-refractivity contribution in [3.8, 4) is 5.75 Å². The van der Waals surface area contributed by atoms with Crippen LogP contribution in [0.1, 0.15) is 47.1 Å². The number of benzene rings is 2. The monoisotopic (exact) mass is 308 g/mol. The van der Waals surface area contributed by atoms with Crippen molar-refractivity contribution in [3.05, 3.63) is 64.7 Å². The topological polar surface area (TPSA) is 18.5 Å². The third-order valence-electron chi connectivity index (χ3n) is 5.53. The minimum Gasteiger partial charge on any atom is -0.497 e. The quantitative estimate of drug-likeness (QED) is 0.792. The van der Waals surface area contributed by atoms with Crippen molar-refractivity contribution >= 4 is 0 Å². The van der Waals surface area contributed by atoms with Gasteiger partial charge in [-0.25, -0.2) is 0 Å². The van der Waals surface area contributed by atoms with Gasteiger partial charge in [0.05, 0.1) is 19.8 Å². The Morgan fingerprint density at radius 3 is 2.70 bits per heavy atom. The van der Waals surface area contributed by atoms with Crippen LogP contribution in [0.15, 0.2) is 42.5 Å². The minimum absolute atomic E-state index is 0.217. The normalized spacial score (nSPS) is 26.3. The highest BCUT2D eigenvalue weighted by Gasteiger charge is 2.36. The second-order valence-corrected chi connectivity index (χ2v) is 6.94. The van der Waals surface area contributed by atoms with Crippen LogP contribution in [0.2, 0.25) is 0 Å². The first-order valence-electron chi connectivity index (χ1n) is 8.59. The zero-order valence-corrected chi connectivity index (χ0v) is 13.9. The molecule has 2 aromatic rings. The molecule has 1 saturated heterocycles. The number of rotatable bonds is 2. The molecule has 0 saturated carbocycles. The molecule has 120 valence electrons. The summed E-state index contributed by atoms with van der Waals surface area (Å²) in [5.41, 5.74) is 5.59. The predicted octanol–water partition coefficient (Wildman–Crippen LogP) is 4.81. The summed E-state index contributed by atoms with van der Waals surface area (Å²) in [6, 6.07) is 15.4. The maximum atomic E-state index is 6.21. The number of ether oxygens (including phenoxy) is 2. The second kappa shape index (κ2) is 6.01. The van der Waals surface area contributed by atoms with E-state index in [2.05, 4.69) is 49.4 Å². The summed E-state index contributed by atoms with van der Waals surface area (Å²) in [6.45, 7) is 3.01. The van der Waals surface area contributed by atoms with Crippen molar-refractivity contribution in [2.75, 3.05) is 13.7 Å². The molecule has 2 heteroatoms. The average molecular weight is 308 g/mol. The highest BCUT2D eigenvalue weighted by molar-refractivity contribution is 5.40. The molecule has 2 aliphatic rings. The molecule has 1 aliphatic carbocycles. The van der Waals surface area contributed by atoms with Gasteiger partial charge in [-0.15, -0.1) is 0 Å². The van der Waals surface area contributed by atoms with Crippen LogP contribution in [0, 0.1) is 12.8 Å². The molecule has 0 bridgehead atoms. The lowest BCUT2D eigenvalue weighted by atomic mass is 9.71. The summed E-state index contributed by atoms with van der Waals surface area (Å²) in [5.74, 6) is 2.22. The van der Waals surface area contributed by atoms with Crippen LogP contribution in [0.25, 0.3) is 0 Å². The van der Waals surface area contributed by atoms with Crippen molar-refractivity contribution in [1.82, 2.24) is 0 Å². The van der Waals surface area contributed by atoms with Crippen LogP contribution in [-0.2, 0) is 11.2 Å². The highest BCUT2D eigenvalue weighted by atomic mass is 16.5. The molecule has 0 spiro atoms. The van der Waals surface area contributed by atoms with Crippen LogP contribution < -0.4 is 4.74 Å². The van der Waals surface area contributed by atoms with E-state index < -0.39 is 0 Å². The summed E-state index contributed by atoms with van der Waals surface area (Å²) in [5, 5.41) is 0. The van der Waals surface area contributed by atoms with Gasteiger partial charge in [0.2, 0.25) is 0 Å². The van der Waals surface area contributed by atoms with Crippen LogP contribution >= 0.6 is 0 Å². The molecular formula is C21H24O2. The molecule has 2 aromatic carbocycles. The van der Waals surface area contributed by atoms with Crippen molar-refractivity contribution < 1.29 is 9.47 Å². The van der Waals surface area contributed by atoms with Gasteiger partial charge >= 0.3 is 0 Å². The molecule has 0 unspecified atom stereocenters. The van der Waals surface area contributed by atoms with Crippen LogP contribution in [0.3, 0.4) is 0 Å². The lowest BCUT2D eigenvalue weighted by Crippen LogP contribution is -2.32. The Balaban J connectivity index is 1.63. The van der Waals surface area contributed by atoms with E-state index in [1.54, 1.807) is 7.11 Å². The van der Waals surface area contributed by atoms with Gasteiger partial charge in [0.25, 0.3) is 0 Å². The Labute approximate surface area is 138 Å². The number of hydrogen-bond donors (Lipinski definition) is 0. The maximum Gasteiger partial charge on any atom is 0.119 e. The van der Waals surface area contributed by atoms with Crippen LogP contribution in [-0.4, -0.2) is 13.7 Å². The molecule has 1 fully saturated rings. The average Bonchev–Trinajstić information content (AvgIpc) is 2.61. The van der Waals surface area contributed by atoms with Gasteiger partial charge in [-0.2, -0.15) is 0 Å². The van der Waals surface area contributed by atoms with Gasteiger partial charge in [-0.3, -0.25) is 0 Å². The second-order valence-electron chi connectivity index (χ2n) is 6.94. The van der Waals surface area contributed by atoms with E-state index in [0.29, 0.717) is 11.8 Å². The highest BCUT2D eigenvalue weighted by Crippen LogP contribution is 2.47. The maximum absolute atomic E-state index is 6.21. The van der Waals surface area contributed by atoms with Crippen molar-refractivity contribution in [1.29, 1.82) is 0 Å². The van der Waals surface area contributed by atoms with Gasteiger partial charge in [0.15, 0.2) is 0 Å². The summed E-state index contributed by atoms with van der Waals surface area (Å²) >= 11 is 0. The van der Waals surface area contributed by atoms with E-state index in [0.717, 1.165) is 18.8 Å². The standard InChI is InChI=1S/C21H24O2/c1-14-3-5-16(6-4-14)21-12-20-17(13-23-21)8-7-15-9-10-18(22-2)11-19(15)20/h3-6,9-11,17,20-21H,7-8,12-13H2,1-2H3/t17-,20-,21-/m0/s1. The van der Waals surface area contributed by atoms with E-state index in [1.807, 2.05) is 0 Å². The van der Waals surface area contributed by atoms with Crippen LogP contribution in [0.4, 0.5) is 0 Å². The van der Waals surface area contributed by atoms with E-state index in [4.69, 9.17) is 9.47 Å². The Morgan fingerprint density at radius 2 is 1.91 bits per heavy atom. The lowest BCUT2D eigenvalue weighted by Gasteiger charge is -2.40. The summed E-state index contributed by atoms with van der Waals surface area (Å²) < 4.78 is 11.7. The molecular weight excluding hydrogens is 284 g/mol. The molecule has 0 aromatic heterocycles. The van der Waals surface area contributed by atoms with Crippen molar-refractivity contribution in [2.45, 2.75) is 38.2 Å². The van der Waals surface area contributed by atoms with E-state index >= 15 is 0 Å². The largest absolute Gasteiger partial charge is 0.497 e. The van der Waals surface area contributed by atoms with Gasteiger partial charge < -0.3 is 9.47 Å². The zero-order valence-electron chi connectivity index (χ0n) is 13.9. The first-order chi connectivity index (χ1) is 11.2. The third-order valence-corrected chi connectivity index (χ3v) is 5.53. The fourth-order valence-electron chi connectivity index (χ4n) is 4.14. The molecule has 23 heavy (non-hydrogen) atoms. The zero-order chi connectivity index (χ0) is 15.8. The van der Waals surface area contributed by atoms with Gasteiger partial charge in [-0.05, 0) is 66.8 Å². The predicted molar refractivity (Wildman–Crippen MR) is 92.0 cm³/mol. The smallest absolute Gasteiger partial charge is 0.119 e. The van der Waals surface area contributed by atoms with Gasteiger partial charge in [-0.1, -0.05) is 35.9 Å². The first-order valence-corrected chi connectivity index (χ1v) is 8.59. The SMILES string of the molecule is COc1ccc2c(c1)[C@H]1C[C@@H](c3ccc(C)cc3)OC[C@@H]1CC2. The minimum atomic E-state index is 0.217. The molecule has 1 heterocycles. The molecule has 3 atom stereocenters. The first kappa shape index (κ1) is 14.8. The fraction of sp³-hybridized carbons (Fsp3) is 0.429. The summed E-state index contributed by atoms with van der Waals surface area (Å²) in [6.07, 6.45) is 3.70. The Hall–Kier alpha value is -1.80. The van der Waals surface area contributed by atoms with Crippen LogP contribution in [0.5, 0.6) is 5.75 Å². The van der Waals surface area contributed by atoms with E-state index in [9.17, 15) is 0 Å². The number of methoxy groups -OCH3 is 1. The summed E-state index contributed by atoms with van der Waals surface area (Å²) in [4.78, 5) is 0. The lowest BCUT2D eigenvalue weighted by molar-refractivity contribution is -0.0340. The Morgan fingerprint density at radius 1 is 1.09 bits per heavy atom. The Bertz CT molecular complexity index is 689. The third kappa shape index (κ3) is 2.76. The van der Waals surface area contributed by atoms with Gasteiger partial charge in [0, 0.05) is 0 Å². The Kier molecular flexibility index (Phi) is 3.86. The van der Waals surface area contributed by atoms with E-state index in [1.165, 1.54) is 35.1 Å². The molecule has 4 rings (SSSR count). The molecule has 0 amide bonds. The van der Waals surface area contributed by atoms with E-state index in [-0.39, 0.29) is 6.10 Å². The van der Waals surface area contributed by atoms with Crippen molar-refractivity contribution in [2.24, 2.45) is 5.92 Å². The number of hydrogen-bond acceptors (Lipinski definition) is 2. The summed E-state index contributed by atoms with van der Waals surface area (Å²) in [7, 11) is 1.75. The number of fused-ring (bicyclic) bond motifs is 3. The molecule has 1 aliphatic heterocycles. The molecule has 0 radical (unpaired) electrons. The van der Waals surface area contributed by atoms with Crippen molar-refractivity contribution in [3.63, 3.8) is 0 Å². The number of aryl methyl sites for hydroxylation is 2. The molecule has 2 nitrogen and oxygen atoms in total. The molecule has 0 N–H and O–H groups in total.